The average molecular weight is 171 g/mol. The van der Waals surface area contributed by atoms with Crippen molar-refractivity contribution in [2.45, 2.75) is 38.6 Å². The molecule has 3 nitrogen and oxygen atoms in total. The van der Waals surface area contributed by atoms with Crippen molar-refractivity contribution in [3.8, 4) is 0 Å². The van der Waals surface area contributed by atoms with Crippen LogP contribution < -0.4 is 5.73 Å². The van der Waals surface area contributed by atoms with Crippen LogP contribution >= 0.6 is 0 Å². The SMILES string of the molecule is CCOC(=O)C1(N)CCCC1C. The fourth-order valence-corrected chi connectivity index (χ4v) is 1.77. The van der Waals surface area contributed by atoms with E-state index in [1.165, 1.54) is 0 Å². The fraction of sp³-hybridized carbons (Fsp3) is 0.889. The highest BCUT2D eigenvalue weighted by Gasteiger charge is 2.44. The van der Waals surface area contributed by atoms with E-state index in [4.69, 9.17) is 10.5 Å². The Morgan fingerprint density at radius 3 is 2.83 bits per heavy atom. The number of hydrogen-bond acceptors (Lipinski definition) is 3. The Bertz CT molecular complexity index is 181. The Morgan fingerprint density at radius 2 is 2.42 bits per heavy atom. The van der Waals surface area contributed by atoms with Gasteiger partial charge < -0.3 is 10.5 Å². The molecule has 1 fully saturated rings. The maximum absolute atomic E-state index is 11.4. The van der Waals surface area contributed by atoms with E-state index in [2.05, 4.69) is 0 Å². The number of carbonyl (C=O) groups is 1. The molecule has 0 heterocycles. The molecule has 2 N–H and O–H groups in total. The molecule has 1 rings (SSSR count). The summed E-state index contributed by atoms with van der Waals surface area (Å²) in [6, 6.07) is 0. The normalized spacial score (nSPS) is 35.1. The van der Waals surface area contributed by atoms with Gasteiger partial charge in [0.1, 0.15) is 5.54 Å². The van der Waals surface area contributed by atoms with Gasteiger partial charge in [0.05, 0.1) is 6.61 Å². The number of hydrogen-bond donors (Lipinski definition) is 1. The lowest BCUT2D eigenvalue weighted by atomic mass is 9.90. The van der Waals surface area contributed by atoms with Crippen LogP contribution in [0.3, 0.4) is 0 Å². The van der Waals surface area contributed by atoms with Gasteiger partial charge in [-0.15, -0.1) is 0 Å². The van der Waals surface area contributed by atoms with E-state index in [0.717, 1.165) is 19.3 Å². The maximum Gasteiger partial charge on any atom is 0.326 e. The van der Waals surface area contributed by atoms with Gasteiger partial charge in [0.15, 0.2) is 0 Å². The quantitative estimate of drug-likeness (QED) is 0.632. The first-order valence-corrected chi connectivity index (χ1v) is 4.57. The summed E-state index contributed by atoms with van der Waals surface area (Å²) in [7, 11) is 0. The molecule has 1 saturated carbocycles. The predicted octanol–water partition coefficient (Wildman–Crippen LogP) is 1.07. The van der Waals surface area contributed by atoms with E-state index in [1.807, 2.05) is 6.92 Å². The molecule has 1 aliphatic rings. The second kappa shape index (κ2) is 3.44. The van der Waals surface area contributed by atoms with E-state index in [0.29, 0.717) is 6.61 Å². The second-order valence-corrected chi connectivity index (χ2v) is 3.55. The summed E-state index contributed by atoms with van der Waals surface area (Å²) >= 11 is 0. The van der Waals surface area contributed by atoms with Crippen LogP contribution in [0, 0.1) is 5.92 Å². The molecule has 0 amide bonds. The molecule has 0 radical (unpaired) electrons. The van der Waals surface area contributed by atoms with E-state index in [1.54, 1.807) is 6.92 Å². The summed E-state index contributed by atoms with van der Waals surface area (Å²) in [6.45, 7) is 4.25. The molecule has 1 aliphatic carbocycles. The van der Waals surface area contributed by atoms with Gasteiger partial charge in [0.2, 0.25) is 0 Å². The van der Waals surface area contributed by atoms with E-state index in [9.17, 15) is 4.79 Å². The van der Waals surface area contributed by atoms with Crippen molar-refractivity contribution in [3.05, 3.63) is 0 Å². The molecule has 3 heteroatoms. The highest BCUT2D eigenvalue weighted by molar-refractivity contribution is 5.81. The molecule has 12 heavy (non-hydrogen) atoms. The lowest BCUT2D eigenvalue weighted by Gasteiger charge is -2.25. The van der Waals surface area contributed by atoms with Gasteiger partial charge in [-0.3, -0.25) is 4.79 Å². The molecular formula is C9H17NO2. The zero-order chi connectivity index (χ0) is 9.19. The number of nitrogens with two attached hydrogens (primary N) is 1. The Labute approximate surface area is 73.3 Å². The van der Waals surface area contributed by atoms with Crippen molar-refractivity contribution in [1.82, 2.24) is 0 Å². The van der Waals surface area contributed by atoms with Crippen molar-refractivity contribution >= 4 is 5.97 Å². The summed E-state index contributed by atoms with van der Waals surface area (Å²) < 4.78 is 4.94. The number of esters is 1. The Hall–Kier alpha value is -0.570. The smallest absolute Gasteiger partial charge is 0.326 e. The van der Waals surface area contributed by atoms with E-state index < -0.39 is 5.54 Å². The third-order valence-corrected chi connectivity index (χ3v) is 2.76. The summed E-state index contributed by atoms with van der Waals surface area (Å²) in [5.74, 6) is 0.0338. The Kier molecular flexibility index (Phi) is 2.73. The summed E-state index contributed by atoms with van der Waals surface area (Å²) in [5, 5.41) is 0. The minimum absolute atomic E-state index is 0.227. The summed E-state index contributed by atoms with van der Waals surface area (Å²) in [6.07, 6.45) is 2.85. The van der Waals surface area contributed by atoms with Gasteiger partial charge in [-0.25, -0.2) is 0 Å². The molecule has 0 aliphatic heterocycles. The maximum atomic E-state index is 11.4. The second-order valence-electron chi connectivity index (χ2n) is 3.55. The predicted molar refractivity (Wildman–Crippen MR) is 46.6 cm³/mol. The highest BCUT2D eigenvalue weighted by atomic mass is 16.5. The van der Waals surface area contributed by atoms with Crippen LogP contribution in [0.1, 0.15) is 33.1 Å². The lowest BCUT2D eigenvalue weighted by molar-refractivity contribution is -0.150. The van der Waals surface area contributed by atoms with Crippen LogP contribution in [-0.2, 0) is 9.53 Å². The van der Waals surface area contributed by atoms with Crippen molar-refractivity contribution in [2.75, 3.05) is 6.61 Å². The van der Waals surface area contributed by atoms with E-state index >= 15 is 0 Å². The van der Waals surface area contributed by atoms with Crippen molar-refractivity contribution < 1.29 is 9.53 Å². The van der Waals surface area contributed by atoms with Gasteiger partial charge in [-0.2, -0.15) is 0 Å². The molecule has 0 aromatic carbocycles. The van der Waals surface area contributed by atoms with Crippen molar-refractivity contribution in [3.63, 3.8) is 0 Å². The molecular weight excluding hydrogens is 154 g/mol. The van der Waals surface area contributed by atoms with Gasteiger partial charge in [0.25, 0.3) is 0 Å². The summed E-state index contributed by atoms with van der Waals surface area (Å²) in [4.78, 5) is 11.4. The van der Waals surface area contributed by atoms with Gasteiger partial charge in [0, 0.05) is 0 Å². The molecule has 0 aromatic rings. The monoisotopic (exact) mass is 171 g/mol. The van der Waals surface area contributed by atoms with E-state index in [-0.39, 0.29) is 11.9 Å². The van der Waals surface area contributed by atoms with Crippen molar-refractivity contribution in [1.29, 1.82) is 0 Å². The number of carbonyl (C=O) groups excluding carboxylic acids is 1. The van der Waals surface area contributed by atoms with Crippen LogP contribution in [0.15, 0.2) is 0 Å². The first-order valence-electron chi connectivity index (χ1n) is 4.57. The van der Waals surface area contributed by atoms with Gasteiger partial charge in [-0.05, 0) is 25.7 Å². The number of ether oxygens (including phenoxy) is 1. The number of rotatable bonds is 2. The highest BCUT2D eigenvalue weighted by Crippen LogP contribution is 2.34. The molecule has 2 atom stereocenters. The fourth-order valence-electron chi connectivity index (χ4n) is 1.77. The third kappa shape index (κ3) is 1.46. The molecule has 0 aromatic heterocycles. The topological polar surface area (TPSA) is 52.3 Å². The molecule has 0 saturated heterocycles. The third-order valence-electron chi connectivity index (χ3n) is 2.76. The minimum Gasteiger partial charge on any atom is -0.465 e. The first-order chi connectivity index (χ1) is 5.61. The molecule has 70 valence electrons. The molecule has 0 spiro atoms. The van der Waals surface area contributed by atoms with Gasteiger partial charge >= 0.3 is 5.97 Å². The first kappa shape index (κ1) is 9.52. The van der Waals surface area contributed by atoms with Crippen molar-refractivity contribution in [2.24, 2.45) is 11.7 Å². The summed E-state index contributed by atoms with van der Waals surface area (Å²) in [5.41, 5.74) is 5.26. The van der Waals surface area contributed by atoms with Crippen LogP contribution in [-0.4, -0.2) is 18.1 Å². The molecule has 2 unspecified atom stereocenters. The van der Waals surface area contributed by atoms with Crippen LogP contribution in [0.4, 0.5) is 0 Å². The lowest BCUT2D eigenvalue weighted by Crippen LogP contribution is -2.51. The minimum atomic E-state index is -0.698. The Balaban J connectivity index is 2.63. The van der Waals surface area contributed by atoms with Gasteiger partial charge in [-0.1, -0.05) is 13.3 Å². The zero-order valence-corrected chi connectivity index (χ0v) is 7.80. The zero-order valence-electron chi connectivity index (χ0n) is 7.80. The standard InChI is InChI=1S/C9H17NO2/c1-3-12-8(11)9(10)6-4-5-7(9)2/h7H,3-6,10H2,1-2H3. The largest absolute Gasteiger partial charge is 0.465 e. The van der Waals surface area contributed by atoms with Crippen LogP contribution in [0.25, 0.3) is 0 Å². The Morgan fingerprint density at radius 1 is 1.75 bits per heavy atom. The molecule has 0 bridgehead atoms. The average Bonchev–Trinajstić information content (AvgIpc) is 2.34. The van der Waals surface area contributed by atoms with Crippen LogP contribution in [0.2, 0.25) is 0 Å². The van der Waals surface area contributed by atoms with Crippen LogP contribution in [0.5, 0.6) is 0 Å².